The van der Waals surface area contributed by atoms with Gasteiger partial charge in [-0.1, -0.05) is 0 Å². The van der Waals surface area contributed by atoms with Crippen LogP contribution in [0.15, 0.2) is 30.3 Å². The molecule has 1 aliphatic heterocycles. The fourth-order valence-corrected chi connectivity index (χ4v) is 3.22. The molecular formula is C20H24N6O3. The molecule has 29 heavy (non-hydrogen) atoms. The standard InChI is InChI=1S/C20H24N6O3/c21-17-11-16(19(28)26-9-7-15(27)8-10-26)24-18(25-17)12-1-3-13(4-2-12)22-20(29)23-14-5-6-14/h1-4,11,14-15,27H,5-10H2,(H2,21,24,25)(H2,22,23,29). The van der Waals surface area contributed by atoms with Crippen molar-refractivity contribution in [1.29, 1.82) is 0 Å². The van der Waals surface area contributed by atoms with E-state index in [0.717, 1.165) is 12.8 Å². The molecule has 1 saturated carbocycles. The molecular weight excluding hydrogens is 372 g/mol. The first kappa shape index (κ1) is 19.1. The van der Waals surface area contributed by atoms with Crippen molar-refractivity contribution < 1.29 is 14.7 Å². The Kier molecular flexibility index (Phi) is 5.30. The van der Waals surface area contributed by atoms with Gasteiger partial charge in [0.05, 0.1) is 6.10 Å². The monoisotopic (exact) mass is 396 g/mol. The lowest BCUT2D eigenvalue weighted by atomic mass is 10.1. The molecule has 2 heterocycles. The van der Waals surface area contributed by atoms with E-state index in [1.807, 2.05) is 0 Å². The molecule has 0 radical (unpaired) electrons. The Morgan fingerprint density at radius 2 is 1.76 bits per heavy atom. The van der Waals surface area contributed by atoms with Crippen molar-refractivity contribution in [3.63, 3.8) is 0 Å². The van der Waals surface area contributed by atoms with Gasteiger partial charge in [-0.25, -0.2) is 14.8 Å². The summed E-state index contributed by atoms with van der Waals surface area (Å²) in [6, 6.07) is 8.58. The molecule has 3 amide bonds. The molecule has 0 atom stereocenters. The number of nitrogen functional groups attached to an aromatic ring is 1. The first-order valence-electron chi connectivity index (χ1n) is 9.78. The summed E-state index contributed by atoms with van der Waals surface area (Å²) in [6.45, 7) is 0.977. The van der Waals surface area contributed by atoms with E-state index >= 15 is 0 Å². The molecule has 0 bridgehead atoms. The average Bonchev–Trinajstić information content (AvgIpc) is 3.52. The normalized spacial score (nSPS) is 17.1. The molecule has 1 aromatic carbocycles. The van der Waals surface area contributed by atoms with E-state index < -0.39 is 0 Å². The number of carbonyl (C=O) groups excluding carboxylic acids is 2. The highest BCUT2D eigenvalue weighted by Gasteiger charge is 2.24. The summed E-state index contributed by atoms with van der Waals surface area (Å²) in [6.07, 6.45) is 2.81. The summed E-state index contributed by atoms with van der Waals surface area (Å²) < 4.78 is 0. The summed E-state index contributed by atoms with van der Waals surface area (Å²) in [7, 11) is 0. The van der Waals surface area contributed by atoms with Crippen LogP contribution >= 0.6 is 0 Å². The van der Waals surface area contributed by atoms with Crippen LogP contribution in [0.3, 0.4) is 0 Å². The highest BCUT2D eigenvalue weighted by Crippen LogP contribution is 2.22. The van der Waals surface area contributed by atoms with Crippen LogP contribution in [-0.4, -0.2) is 57.1 Å². The number of aromatic nitrogens is 2. The van der Waals surface area contributed by atoms with Gasteiger partial charge in [0.2, 0.25) is 0 Å². The second-order valence-electron chi connectivity index (χ2n) is 7.48. The van der Waals surface area contributed by atoms with Gasteiger partial charge < -0.3 is 26.4 Å². The molecule has 0 spiro atoms. The number of aliphatic hydroxyl groups is 1. The first-order valence-corrected chi connectivity index (χ1v) is 9.78. The molecule has 9 nitrogen and oxygen atoms in total. The fraction of sp³-hybridized carbons (Fsp3) is 0.400. The van der Waals surface area contributed by atoms with Gasteiger partial charge >= 0.3 is 6.03 Å². The summed E-state index contributed by atoms with van der Waals surface area (Å²) in [5.74, 6) is 0.336. The lowest BCUT2D eigenvalue weighted by molar-refractivity contribution is 0.0541. The smallest absolute Gasteiger partial charge is 0.319 e. The second-order valence-corrected chi connectivity index (χ2v) is 7.48. The molecule has 1 saturated heterocycles. The summed E-state index contributed by atoms with van der Waals surface area (Å²) in [5.41, 5.74) is 7.48. The highest BCUT2D eigenvalue weighted by molar-refractivity contribution is 5.93. The Hall–Kier alpha value is -3.20. The number of nitrogens with two attached hydrogens (primary N) is 1. The Bertz CT molecular complexity index is 905. The second kappa shape index (κ2) is 8.04. The van der Waals surface area contributed by atoms with Crippen molar-refractivity contribution >= 4 is 23.4 Å². The van der Waals surface area contributed by atoms with E-state index in [2.05, 4.69) is 20.6 Å². The zero-order valence-corrected chi connectivity index (χ0v) is 16.0. The number of likely N-dealkylation sites (tertiary alicyclic amines) is 1. The minimum Gasteiger partial charge on any atom is -0.393 e. The molecule has 0 unspecified atom stereocenters. The quantitative estimate of drug-likeness (QED) is 0.620. The summed E-state index contributed by atoms with van der Waals surface area (Å²) in [4.78, 5) is 34.9. The molecule has 152 valence electrons. The lowest BCUT2D eigenvalue weighted by Gasteiger charge is -2.29. The molecule has 2 fully saturated rings. The number of urea groups is 1. The van der Waals surface area contributed by atoms with Gasteiger partial charge in [-0.3, -0.25) is 4.79 Å². The molecule has 4 rings (SSSR count). The highest BCUT2D eigenvalue weighted by atomic mass is 16.3. The van der Waals surface area contributed by atoms with E-state index in [0.29, 0.717) is 43.0 Å². The van der Waals surface area contributed by atoms with E-state index in [4.69, 9.17) is 5.73 Å². The molecule has 1 aromatic heterocycles. The predicted octanol–water partition coefficient (Wildman–Crippen LogP) is 1.61. The van der Waals surface area contributed by atoms with Crippen LogP contribution in [-0.2, 0) is 0 Å². The number of benzene rings is 1. The van der Waals surface area contributed by atoms with E-state index in [-0.39, 0.29) is 35.6 Å². The van der Waals surface area contributed by atoms with Crippen molar-refractivity contribution in [2.24, 2.45) is 0 Å². The van der Waals surface area contributed by atoms with Crippen molar-refractivity contribution in [2.75, 3.05) is 24.1 Å². The van der Waals surface area contributed by atoms with Crippen LogP contribution < -0.4 is 16.4 Å². The number of nitrogens with zero attached hydrogens (tertiary/aromatic N) is 3. The fourth-order valence-electron chi connectivity index (χ4n) is 3.22. The Labute approximate surface area is 168 Å². The molecule has 9 heteroatoms. The number of hydrogen-bond acceptors (Lipinski definition) is 6. The van der Waals surface area contributed by atoms with E-state index in [9.17, 15) is 14.7 Å². The third-order valence-corrected chi connectivity index (χ3v) is 5.03. The van der Waals surface area contributed by atoms with Crippen molar-refractivity contribution in [3.8, 4) is 11.4 Å². The topological polar surface area (TPSA) is 133 Å². The third-order valence-electron chi connectivity index (χ3n) is 5.03. The van der Waals surface area contributed by atoms with Crippen LogP contribution in [0.1, 0.15) is 36.2 Å². The number of amides is 3. The Morgan fingerprint density at radius 3 is 2.41 bits per heavy atom. The van der Waals surface area contributed by atoms with Gasteiger partial charge in [0.15, 0.2) is 5.82 Å². The number of rotatable bonds is 4. The lowest BCUT2D eigenvalue weighted by Crippen LogP contribution is -2.40. The van der Waals surface area contributed by atoms with E-state index in [1.165, 1.54) is 6.07 Å². The minimum atomic E-state index is -0.358. The average molecular weight is 396 g/mol. The van der Waals surface area contributed by atoms with Gasteiger partial charge in [-0.15, -0.1) is 0 Å². The Balaban J connectivity index is 1.48. The molecule has 5 N–H and O–H groups in total. The van der Waals surface area contributed by atoms with Crippen LogP contribution in [0, 0.1) is 0 Å². The number of nitrogens with one attached hydrogen (secondary N) is 2. The van der Waals surface area contributed by atoms with Gasteiger partial charge in [0, 0.05) is 36.4 Å². The summed E-state index contributed by atoms with van der Waals surface area (Å²) >= 11 is 0. The van der Waals surface area contributed by atoms with Crippen LogP contribution in [0.2, 0.25) is 0 Å². The van der Waals surface area contributed by atoms with Gasteiger partial charge in [-0.2, -0.15) is 0 Å². The zero-order chi connectivity index (χ0) is 20.4. The van der Waals surface area contributed by atoms with Crippen LogP contribution in [0.25, 0.3) is 11.4 Å². The Morgan fingerprint density at radius 1 is 1.07 bits per heavy atom. The number of aliphatic hydroxyl groups excluding tert-OH is 1. The van der Waals surface area contributed by atoms with Crippen molar-refractivity contribution in [3.05, 3.63) is 36.0 Å². The maximum absolute atomic E-state index is 12.8. The third kappa shape index (κ3) is 4.80. The number of piperidine rings is 1. The van der Waals surface area contributed by atoms with E-state index in [1.54, 1.807) is 29.2 Å². The molecule has 2 aromatic rings. The number of carbonyl (C=O) groups is 2. The number of anilines is 2. The van der Waals surface area contributed by atoms with Gasteiger partial charge in [0.25, 0.3) is 5.91 Å². The maximum atomic E-state index is 12.8. The SMILES string of the molecule is Nc1cc(C(=O)N2CCC(O)CC2)nc(-c2ccc(NC(=O)NC3CC3)cc2)n1. The molecule has 2 aliphatic rings. The minimum absolute atomic E-state index is 0.210. The first-order chi connectivity index (χ1) is 14.0. The maximum Gasteiger partial charge on any atom is 0.319 e. The van der Waals surface area contributed by atoms with Gasteiger partial charge in [0.1, 0.15) is 11.5 Å². The molecule has 1 aliphatic carbocycles. The predicted molar refractivity (Wildman–Crippen MR) is 108 cm³/mol. The zero-order valence-electron chi connectivity index (χ0n) is 16.0. The van der Waals surface area contributed by atoms with Crippen LogP contribution in [0.4, 0.5) is 16.3 Å². The largest absolute Gasteiger partial charge is 0.393 e. The van der Waals surface area contributed by atoms with Gasteiger partial charge in [-0.05, 0) is 49.9 Å². The van der Waals surface area contributed by atoms with Crippen LogP contribution in [0.5, 0.6) is 0 Å². The summed E-state index contributed by atoms with van der Waals surface area (Å²) in [5, 5.41) is 15.3. The van der Waals surface area contributed by atoms with Crippen molar-refractivity contribution in [1.82, 2.24) is 20.2 Å². The number of hydrogen-bond donors (Lipinski definition) is 4. The van der Waals surface area contributed by atoms with Crippen molar-refractivity contribution in [2.45, 2.75) is 37.8 Å².